The van der Waals surface area contributed by atoms with E-state index < -0.39 is 63.2 Å². The van der Waals surface area contributed by atoms with E-state index in [1.54, 1.807) is 16.9 Å². The number of aromatic nitrogens is 1. The van der Waals surface area contributed by atoms with Gasteiger partial charge >= 0.3 is 15.5 Å². The van der Waals surface area contributed by atoms with Gasteiger partial charge in [0, 0.05) is 18.5 Å². The number of piperidine rings is 1. The first kappa shape index (κ1) is 33.8. The number of nitrogens with one attached hydrogen (secondary N) is 3. The van der Waals surface area contributed by atoms with Gasteiger partial charge < -0.3 is 15.5 Å². The summed E-state index contributed by atoms with van der Waals surface area (Å²) in [7, 11) is -5.85. The number of hydrogen-bond acceptors (Lipinski definition) is 8. The summed E-state index contributed by atoms with van der Waals surface area (Å²) in [5.41, 5.74) is -5.00. The molecule has 6 atom stereocenters. The van der Waals surface area contributed by atoms with Crippen LogP contribution in [-0.2, 0) is 24.4 Å². The number of sulfonamides is 1. The fourth-order valence-electron chi connectivity index (χ4n) is 7.80. The first-order chi connectivity index (χ1) is 22.3. The number of rotatable bonds is 11. The van der Waals surface area contributed by atoms with Crippen molar-refractivity contribution in [2.45, 2.75) is 100 Å². The van der Waals surface area contributed by atoms with Gasteiger partial charge in [0.25, 0.3) is 0 Å². The van der Waals surface area contributed by atoms with E-state index >= 15 is 0 Å². The molecule has 2 bridgehead atoms. The third-order valence-corrected chi connectivity index (χ3v) is 12.4. The van der Waals surface area contributed by atoms with Gasteiger partial charge in [-0.1, -0.05) is 44.2 Å². The summed E-state index contributed by atoms with van der Waals surface area (Å²) in [6.45, 7) is 0.435. The number of para-hydroxylation sites is 1. The second kappa shape index (κ2) is 13.4. The molecule has 3 amide bonds. The third-order valence-electron chi connectivity index (χ3n) is 10.1. The molecule has 6 rings (SSSR count). The van der Waals surface area contributed by atoms with Crippen LogP contribution in [0.15, 0.2) is 24.3 Å². The van der Waals surface area contributed by atoms with Gasteiger partial charge in [0.1, 0.15) is 12.1 Å². The first-order valence-electron chi connectivity index (χ1n) is 16.2. The van der Waals surface area contributed by atoms with Crippen LogP contribution in [0.3, 0.4) is 0 Å². The topological polar surface area (TPSA) is 155 Å². The van der Waals surface area contributed by atoms with Crippen LogP contribution in [-0.4, -0.2) is 78.0 Å². The van der Waals surface area contributed by atoms with Crippen molar-refractivity contribution in [2.24, 2.45) is 17.8 Å². The van der Waals surface area contributed by atoms with Gasteiger partial charge in [-0.2, -0.15) is 17.9 Å². The SMILES string of the molecule is O=C1NCC[C@H]1C[C@H](NC(=O)[C@@H]1[C@H]2CC[C@H](C2)N1C(=O)[C@H](CC1CCCCC1)NS(=O)(=O)C(F)(F)F)C(=O)c1nc2ccccc2s1. The van der Waals surface area contributed by atoms with Crippen molar-refractivity contribution in [3.63, 3.8) is 0 Å². The fraction of sp³-hybridized carbons (Fsp3) is 0.645. The Bertz CT molecular complexity index is 1610. The van der Waals surface area contributed by atoms with Crippen LogP contribution in [0, 0.1) is 17.8 Å². The monoisotopic (exact) mass is 697 g/mol. The minimum absolute atomic E-state index is 0.0107. The number of carbonyl (C=O) groups is 4. The zero-order chi connectivity index (χ0) is 33.5. The molecular formula is C31H38F3N5O6S2. The van der Waals surface area contributed by atoms with Crippen molar-refractivity contribution in [3.8, 4) is 0 Å². The second-order valence-corrected chi connectivity index (χ2v) is 15.9. The summed E-state index contributed by atoms with van der Waals surface area (Å²) in [5, 5.41) is 5.69. The van der Waals surface area contributed by atoms with Crippen molar-refractivity contribution in [2.75, 3.05) is 6.54 Å². The van der Waals surface area contributed by atoms with Crippen molar-refractivity contribution in [1.29, 1.82) is 0 Å². The van der Waals surface area contributed by atoms with E-state index in [1.807, 2.05) is 12.1 Å². The average molecular weight is 698 g/mol. The number of amides is 3. The van der Waals surface area contributed by atoms with E-state index in [0.717, 1.165) is 35.3 Å². The number of Topliss-reactive ketones (excluding diaryl/α,β-unsaturated/α-hetero) is 1. The maximum Gasteiger partial charge on any atom is 0.511 e. The number of likely N-dealkylation sites (tertiary alicyclic amines) is 1. The van der Waals surface area contributed by atoms with Gasteiger partial charge in [-0.15, -0.1) is 11.3 Å². The number of carbonyl (C=O) groups excluding carboxylic acids is 4. The van der Waals surface area contributed by atoms with Crippen LogP contribution in [0.1, 0.15) is 80.4 Å². The number of alkyl halides is 3. The Labute approximate surface area is 274 Å². The largest absolute Gasteiger partial charge is 0.511 e. The van der Waals surface area contributed by atoms with Crippen LogP contribution in [0.5, 0.6) is 0 Å². The van der Waals surface area contributed by atoms with Gasteiger partial charge in [0.2, 0.25) is 23.5 Å². The Morgan fingerprint density at radius 1 is 1.02 bits per heavy atom. The molecule has 2 aromatic rings. The lowest BCUT2D eigenvalue weighted by molar-refractivity contribution is -0.144. The summed E-state index contributed by atoms with van der Waals surface area (Å²) in [5.74, 6) is -3.22. The lowest BCUT2D eigenvalue weighted by Gasteiger charge is -2.38. The summed E-state index contributed by atoms with van der Waals surface area (Å²) in [4.78, 5) is 60.2. The minimum Gasteiger partial charge on any atom is -0.356 e. The highest BCUT2D eigenvalue weighted by atomic mass is 32.2. The minimum atomic E-state index is -5.85. The molecule has 2 saturated heterocycles. The summed E-state index contributed by atoms with van der Waals surface area (Å²) >= 11 is 1.16. The van der Waals surface area contributed by atoms with E-state index in [9.17, 15) is 40.8 Å². The van der Waals surface area contributed by atoms with Crippen molar-refractivity contribution < 1.29 is 40.8 Å². The number of benzene rings is 1. The smallest absolute Gasteiger partial charge is 0.356 e. The molecule has 0 spiro atoms. The molecule has 1 aromatic heterocycles. The molecule has 2 aliphatic heterocycles. The highest BCUT2D eigenvalue weighted by Crippen LogP contribution is 2.44. The molecule has 0 radical (unpaired) electrons. The normalized spacial score (nSPS) is 26.4. The summed E-state index contributed by atoms with van der Waals surface area (Å²) < 4.78 is 67.4. The molecule has 256 valence electrons. The number of thiazole rings is 1. The molecule has 4 aliphatic rings. The first-order valence-corrected chi connectivity index (χ1v) is 18.5. The van der Waals surface area contributed by atoms with Crippen LogP contribution in [0.2, 0.25) is 0 Å². The predicted octanol–water partition coefficient (Wildman–Crippen LogP) is 3.65. The molecule has 0 unspecified atom stereocenters. The highest BCUT2D eigenvalue weighted by molar-refractivity contribution is 7.90. The molecular weight excluding hydrogens is 659 g/mol. The number of ketones is 1. The lowest BCUT2D eigenvalue weighted by Crippen LogP contribution is -2.60. The van der Waals surface area contributed by atoms with E-state index in [1.165, 1.54) is 4.90 Å². The number of halogens is 3. The summed E-state index contributed by atoms with van der Waals surface area (Å²) in [6.07, 6.45) is 5.89. The zero-order valence-electron chi connectivity index (χ0n) is 25.6. The molecule has 3 N–H and O–H groups in total. The number of hydrogen-bond donors (Lipinski definition) is 3. The van der Waals surface area contributed by atoms with Crippen LogP contribution in [0.25, 0.3) is 10.2 Å². The third kappa shape index (κ3) is 7.05. The molecule has 2 saturated carbocycles. The van der Waals surface area contributed by atoms with Crippen molar-refractivity contribution >= 4 is 55.1 Å². The van der Waals surface area contributed by atoms with E-state index in [4.69, 9.17) is 0 Å². The number of nitrogens with zero attached hydrogens (tertiary/aromatic N) is 2. The van der Waals surface area contributed by atoms with Gasteiger partial charge in [0.15, 0.2) is 5.01 Å². The molecule has 16 heteroatoms. The van der Waals surface area contributed by atoms with Crippen LogP contribution in [0.4, 0.5) is 13.2 Å². The van der Waals surface area contributed by atoms with E-state index in [0.29, 0.717) is 50.6 Å². The van der Waals surface area contributed by atoms with Crippen molar-refractivity contribution in [1.82, 2.24) is 25.2 Å². The standard InChI is InChI=1S/C31H38F3N5O6S2/c32-31(33,34)47(44,45)38-23(14-17-6-2-1-3-7-17)30(43)39-20-11-10-18(15-20)25(39)28(42)36-22(16-19-12-13-35-27(19)41)26(40)29-37-21-8-4-5-9-24(21)46-29/h4-5,8-9,17-20,22-23,25,38H,1-3,6-7,10-16H2,(H,35,41)(H,36,42)/t18-,19-,20+,22-,23-,25-/m0/s1. The predicted molar refractivity (Wildman–Crippen MR) is 166 cm³/mol. The van der Waals surface area contributed by atoms with Crippen molar-refractivity contribution in [3.05, 3.63) is 29.3 Å². The Morgan fingerprint density at radius 3 is 2.45 bits per heavy atom. The van der Waals surface area contributed by atoms with Crippen LogP contribution < -0.4 is 15.4 Å². The summed E-state index contributed by atoms with van der Waals surface area (Å²) in [6, 6.07) is 2.79. The molecule has 1 aromatic carbocycles. The Hall–Kier alpha value is -3.11. The van der Waals surface area contributed by atoms with E-state index in [-0.39, 0.29) is 35.6 Å². The Morgan fingerprint density at radius 2 is 1.77 bits per heavy atom. The molecule has 47 heavy (non-hydrogen) atoms. The quantitative estimate of drug-likeness (QED) is 0.303. The Kier molecular flexibility index (Phi) is 9.64. The maximum atomic E-state index is 14.1. The van der Waals surface area contributed by atoms with Gasteiger partial charge in [0.05, 0.1) is 16.3 Å². The highest BCUT2D eigenvalue weighted by Gasteiger charge is 2.55. The molecule has 3 heterocycles. The van der Waals surface area contributed by atoms with Gasteiger partial charge in [-0.3, -0.25) is 19.2 Å². The lowest BCUT2D eigenvalue weighted by atomic mass is 9.84. The van der Waals surface area contributed by atoms with E-state index in [2.05, 4.69) is 15.6 Å². The Balaban J connectivity index is 1.26. The molecule has 11 nitrogen and oxygen atoms in total. The zero-order valence-corrected chi connectivity index (χ0v) is 27.3. The van der Waals surface area contributed by atoms with Gasteiger partial charge in [-0.05, 0) is 62.5 Å². The molecule has 4 fully saturated rings. The van der Waals surface area contributed by atoms with Crippen LogP contribution >= 0.6 is 11.3 Å². The maximum absolute atomic E-state index is 14.1. The average Bonchev–Trinajstić information content (AvgIpc) is 3.84. The second-order valence-electron chi connectivity index (χ2n) is 13.2. The fourth-order valence-corrected chi connectivity index (χ4v) is 9.47. The number of fused-ring (bicyclic) bond motifs is 3. The molecule has 2 aliphatic carbocycles. The van der Waals surface area contributed by atoms with Gasteiger partial charge in [-0.25, -0.2) is 13.4 Å².